The van der Waals surface area contributed by atoms with E-state index in [1.807, 2.05) is 12.1 Å². The van der Waals surface area contributed by atoms with Crippen LogP contribution >= 0.6 is 24.0 Å². The minimum atomic E-state index is -0.0113. The summed E-state index contributed by atoms with van der Waals surface area (Å²) in [5, 5.41) is 6.68. The molecule has 0 unspecified atom stereocenters. The largest absolute Gasteiger partial charge is 0.467 e. The Kier molecular flexibility index (Phi) is 9.05. The number of rotatable bonds is 5. The zero-order valence-corrected chi connectivity index (χ0v) is 16.2. The lowest BCUT2D eigenvalue weighted by atomic mass is 9.96. The van der Waals surface area contributed by atoms with E-state index in [-0.39, 0.29) is 36.4 Å². The van der Waals surface area contributed by atoms with Crippen LogP contribution in [0.15, 0.2) is 27.8 Å². The summed E-state index contributed by atoms with van der Waals surface area (Å²) >= 11 is 0. The number of aliphatic imine (C=N–C) groups is 1. The third-order valence-electron chi connectivity index (χ3n) is 3.83. The van der Waals surface area contributed by atoms with Crippen molar-refractivity contribution in [1.29, 1.82) is 0 Å². The number of furan rings is 1. The van der Waals surface area contributed by atoms with Crippen molar-refractivity contribution in [2.24, 2.45) is 4.99 Å². The summed E-state index contributed by atoms with van der Waals surface area (Å²) in [6.07, 6.45) is 7.77. The third-order valence-corrected chi connectivity index (χ3v) is 3.83. The number of nitrogens with one attached hydrogen (secondary N) is 2. The number of hydrogen-bond donors (Lipinski definition) is 2. The van der Waals surface area contributed by atoms with Crippen LogP contribution in [0.1, 0.15) is 37.9 Å². The Bertz CT molecular complexity index is 482. The molecule has 1 amide bonds. The minimum Gasteiger partial charge on any atom is -0.467 e. The van der Waals surface area contributed by atoms with Crippen molar-refractivity contribution in [2.45, 2.75) is 44.7 Å². The first kappa shape index (κ1) is 19.8. The normalized spacial score (nSPS) is 15.7. The Morgan fingerprint density at radius 1 is 1.35 bits per heavy atom. The smallest absolute Gasteiger partial charge is 0.243 e. The lowest BCUT2D eigenvalue weighted by molar-refractivity contribution is -0.127. The molecule has 0 radical (unpaired) electrons. The Morgan fingerprint density at radius 3 is 2.70 bits per heavy atom. The van der Waals surface area contributed by atoms with Crippen LogP contribution in [-0.2, 0) is 11.3 Å². The van der Waals surface area contributed by atoms with E-state index in [1.54, 1.807) is 25.3 Å². The molecule has 0 bridgehead atoms. The molecule has 1 aliphatic rings. The van der Waals surface area contributed by atoms with E-state index in [0.29, 0.717) is 18.5 Å². The molecule has 2 rings (SSSR count). The molecule has 0 spiro atoms. The number of likely N-dealkylation sites (N-methyl/N-ethyl adjacent to an activating group) is 1. The molecular formula is C16H27IN4O2. The summed E-state index contributed by atoms with van der Waals surface area (Å²) in [7, 11) is 3.48. The molecule has 130 valence electrons. The topological polar surface area (TPSA) is 69.9 Å². The zero-order valence-electron chi connectivity index (χ0n) is 13.9. The number of nitrogens with zero attached hydrogens (tertiary/aromatic N) is 2. The van der Waals surface area contributed by atoms with Crippen LogP contribution in [0.5, 0.6) is 0 Å². The van der Waals surface area contributed by atoms with Crippen molar-refractivity contribution < 1.29 is 9.21 Å². The number of guanidine groups is 1. The summed E-state index contributed by atoms with van der Waals surface area (Å²) in [5.74, 6) is 1.51. The molecule has 0 aliphatic heterocycles. The third kappa shape index (κ3) is 7.24. The van der Waals surface area contributed by atoms with Crippen LogP contribution in [0.4, 0.5) is 0 Å². The van der Waals surface area contributed by atoms with Gasteiger partial charge in [-0.1, -0.05) is 19.3 Å². The van der Waals surface area contributed by atoms with E-state index in [9.17, 15) is 4.79 Å². The van der Waals surface area contributed by atoms with Gasteiger partial charge in [-0.2, -0.15) is 0 Å². The summed E-state index contributed by atoms with van der Waals surface area (Å²) in [6, 6.07) is 4.21. The van der Waals surface area contributed by atoms with Crippen LogP contribution in [0.25, 0.3) is 0 Å². The maximum absolute atomic E-state index is 11.7. The standard InChI is InChI=1S/C16H26N4O2.HI/c1-20(2)15(21)12-18-16(17-11-14-9-6-10-22-14)19-13-7-4-3-5-8-13;/h6,9-10,13H,3-5,7-8,11-12H2,1-2H3,(H2,17,18,19);1H. The molecule has 0 saturated heterocycles. The van der Waals surface area contributed by atoms with Gasteiger partial charge < -0.3 is 20.0 Å². The Labute approximate surface area is 155 Å². The van der Waals surface area contributed by atoms with E-state index in [4.69, 9.17) is 4.42 Å². The number of hydrogen-bond acceptors (Lipinski definition) is 3. The monoisotopic (exact) mass is 434 g/mol. The van der Waals surface area contributed by atoms with E-state index in [0.717, 1.165) is 18.6 Å². The van der Waals surface area contributed by atoms with Gasteiger partial charge in [-0.05, 0) is 25.0 Å². The molecule has 23 heavy (non-hydrogen) atoms. The fourth-order valence-corrected chi connectivity index (χ4v) is 2.46. The second-order valence-corrected chi connectivity index (χ2v) is 5.87. The Morgan fingerprint density at radius 2 is 2.09 bits per heavy atom. The van der Waals surface area contributed by atoms with Crippen LogP contribution in [0.2, 0.25) is 0 Å². The predicted octanol–water partition coefficient (Wildman–Crippen LogP) is 2.35. The van der Waals surface area contributed by atoms with Crippen LogP contribution < -0.4 is 10.6 Å². The number of halogens is 1. The molecule has 7 heteroatoms. The van der Waals surface area contributed by atoms with Gasteiger partial charge in [0.05, 0.1) is 12.8 Å². The van der Waals surface area contributed by atoms with Gasteiger partial charge in [0.1, 0.15) is 12.3 Å². The lowest BCUT2D eigenvalue weighted by Crippen LogP contribution is -2.44. The molecule has 0 aromatic carbocycles. The summed E-state index contributed by atoms with van der Waals surface area (Å²) < 4.78 is 5.32. The molecule has 2 N–H and O–H groups in total. The highest BCUT2D eigenvalue weighted by atomic mass is 127. The zero-order chi connectivity index (χ0) is 15.8. The van der Waals surface area contributed by atoms with Gasteiger partial charge in [-0.3, -0.25) is 4.79 Å². The molecule has 1 aliphatic carbocycles. The first-order valence-corrected chi connectivity index (χ1v) is 7.92. The van der Waals surface area contributed by atoms with Crippen molar-refractivity contribution in [3.05, 3.63) is 24.2 Å². The van der Waals surface area contributed by atoms with E-state index < -0.39 is 0 Å². The van der Waals surface area contributed by atoms with E-state index in [2.05, 4.69) is 15.6 Å². The highest BCUT2D eigenvalue weighted by Crippen LogP contribution is 2.17. The maximum atomic E-state index is 11.7. The Balaban J connectivity index is 0.00000264. The molecule has 1 aromatic rings. The molecular weight excluding hydrogens is 407 g/mol. The van der Waals surface area contributed by atoms with E-state index in [1.165, 1.54) is 19.3 Å². The number of carbonyl (C=O) groups excluding carboxylic acids is 1. The molecule has 1 saturated carbocycles. The fourth-order valence-electron chi connectivity index (χ4n) is 2.46. The molecule has 1 fully saturated rings. The van der Waals surface area contributed by atoms with Crippen molar-refractivity contribution >= 4 is 35.8 Å². The fraction of sp³-hybridized carbons (Fsp3) is 0.625. The van der Waals surface area contributed by atoms with Crippen LogP contribution in [0.3, 0.4) is 0 Å². The van der Waals surface area contributed by atoms with E-state index >= 15 is 0 Å². The van der Waals surface area contributed by atoms with Gasteiger partial charge in [0.15, 0.2) is 5.96 Å². The van der Waals surface area contributed by atoms with Crippen LogP contribution in [0, 0.1) is 0 Å². The first-order valence-electron chi connectivity index (χ1n) is 7.92. The summed E-state index contributed by atoms with van der Waals surface area (Å²) in [4.78, 5) is 17.7. The SMILES string of the molecule is CN(C)C(=O)CN=C(NCc1ccco1)NC1CCCCC1.I. The van der Waals surface area contributed by atoms with Gasteiger partial charge in [-0.25, -0.2) is 4.99 Å². The first-order chi connectivity index (χ1) is 10.6. The highest BCUT2D eigenvalue weighted by molar-refractivity contribution is 14.0. The molecule has 0 atom stereocenters. The van der Waals surface area contributed by atoms with Crippen molar-refractivity contribution in [3.63, 3.8) is 0 Å². The van der Waals surface area contributed by atoms with Crippen molar-refractivity contribution in [2.75, 3.05) is 20.6 Å². The van der Waals surface area contributed by atoms with Gasteiger partial charge in [0, 0.05) is 20.1 Å². The number of carbonyl (C=O) groups is 1. The lowest BCUT2D eigenvalue weighted by Gasteiger charge is -2.25. The van der Waals surface area contributed by atoms with Gasteiger partial charge >= 0.3 is 0 Å². The average molecular weight is 434 g/mol. The quantitative estimate of drug-likeness (QED) is 0.424. The van der Waals surface area contributed by atoms with Gasteiger partial charge in [0.25, 0.3) is 0 Å². The maximum Gasteiger partial charge on any atom is 0.243 e. The van der Waals surface area contributed by atoms with Crippen LogP contribution in [-0.4, -0.2) is 43.4 Å². The second kappa shape index (κ2) is 10.5. The molecule has 6 nitrogen and oxygen atoms in total. The predicted molar refractivity (Wildman–Crippen MR) is 102 cm³/mol. The Hall–Kier alpha value is -1.25. The van der Waals surface area contributed by atoms with Gasteiger partial charge in [-0.15, -0.1) is 24.0 Å². The highest BCUT2D eigenvalue weighted by Gasteiger charge is 2.15. The second-order valence-electron chi connectivity index (χ2n) is 5.87. The number of amides is 1. The average Bonchev–Trinajstić information content (AvgIpc) is 3.04. The molecule has 1 aromatic heterocycles. The van der Waals surface area contributed by atoms with Gasteiger partial charge in [0.2, 0.25) is 5.91 Å². The molecule has 1 heterocycles. The summed E-state index contributed by atoms with van der Waals surface area (Å²) in [6.45, 7) is 0.703. The summed E-state index contributed by atoms with van der Waals surface area (Å²) in [5.41, 5.74) is 0. The van der Waals surface area contributed by atoms with Crippen molar-refractivity contribution in [1.82, 2.24) is 15.5 Å². The minimum absolute atomic E-state index is 0. The van der Waals surface area contributed by atoms with Crippen molar-refractivity contribution in [3.8, 4) is 0 Å².